The third-order valence-electron chi connectivity index (χ3n) is 4.16. The first-order chi connectivity index (χ1) is 12.9. The van der Waals surface area contributed by atoms with E-state index in [4.69, 9.17) is 21.1 Å². The Morgan fingerprint density at radius 3 is 2.26 bits per heavy atom. The van der Waals surface area contributed by atoms with Crippen molar-refractivity contribution in [1.29, 1.82) is 0 Å². The summed E-state index contributed by atoms with van der Waals surface area (Å²) in [7, 11) is -2.72. The fourth-order valence-electron chi connectivity index (χ4n) is 2.74. The van der Waals surface area contributed by atoms with E-state index in [-0.39, 0.29) is 18.0 Å². The zero-order valence-electron chi connectivity index (χ0n) is 14.6. The second-order valence-electron chi connectivity index (χ2n) is 5.89. The number of halogens is 1. The maximum Gasteiger partial charge on any atom is 0.269 e. The fourth-order valence-corrected chi connectivity index (χ4v) is 4.62. The van der Waals surface area contributed by atoms with E-state index in [0.717, 1.165) is 0 Å². The quantitative estimate of drug-likeness (QED) is 0.782. The van der Waals surface area contributed by atoms with Gasteiger partial charge >= 0.3 is 0 Å². The Morgan fingerprint density at radius 1 is 1.15 bits per heavy atom. The Hall–Kier alpha value is -2.13. The lowest BCUT2D eigenvalue weighted by molar-refractivity contribution is -0.138. The van der Waals surface area contributed by atoms with Gasteiger partial charge in [-0.05, 0) is 48.5 Å². The highest BCUT2D eigenvalue weighted by atomic mass is 35.5. The smallest absolute Gasteiger partial charge is 0.269 e. The van der Waals surface area contributed by atoms with Crippen LogP contribution in [0.3, 0.4) is 0 Å². The molecule has 1 saturated heterocycles. The largest absolute Gasteiger partial charge is 0.457 e. The number of hydrogen-bond acceptors (Lipinski definition) is 6. The van der Waals surface area contributed by atoms with Crippen molar-refractivity contribution in [2.45, 2.75) is 9.83 Å². The average Bonchev–Trinajstić information content (AvgIpc) is 2.70. The number of carbonyl (C=O) groups is 1. The SMILES string of the molecule is CNC(=O)[C@]1(S(=O)(=O)c2ccc(Oc3ccc(Cl)cc3)cc2)CNCCO1. The summed E-state index contributed by atoms with van der Waals surface area (Å²) in [5, 5.41) is 5.88. The molecule has 0 bridgehead atoms. The highest BCUT2D eigenvalue weighted by molar-refractivity contribution is 7.93. The number of ether oxygens (including phenoxy) is 2. The number of likely N-dealkylation sites (N-methyl/N-ethyl adjacent to an activating group) is 1. The molecule has 1 aliphatic heterocycles. The van der Waals surface area contributed by atoms with Crippen molar-refractivity contribution in [2.24, 2.45) is 0 Å². The number of carbonyl (C=O) groups excluding carboxylic acids is 1. The van der Waals surface area contributed by atoms with E-state index < -0.39 is 20.7 Å². The van der Waals surface area contributed by atoms with Gasteiger partial charge in [0.15, 0.2) is 0 Å². The van der Waals surface area contributed by atoms with Crippen molar-refractivity contribution < 1.29 is 22.7 Å². The lowest BCUT2D eigenvalue weighted by Gasteiger charge is -2.35. The van der Waals surface area contributed by atoms with Gasteiger partial charge in [-0.3, -0.25) is 4.79 Å². The lowest BCUT2D eigenvalue weighted by Crippen LogP contribution is -2.62. The molecule has 3 rings (SSSR count). The van der Waals surface area contributed by atoms with Crippen LogP contribution in [0.5, 0.6) is 11.5 Å². The van der Waals surface area contributed by atoms with Crippen LogP contribution >= 0.6 is 11.6 Å². The summed E-state index contributed by atoms with van der Waals surface area (Å²) in [6, 6.07) is 12.6. The van der Waals surface area contributed by atoms with Crippen molar-refractivity contribution in [3.63, 3.8) is 0 Å². The molecule has 2 aromatic rings. The predicted octanol–water partition coefficient (Wildman–Crippen LogP) is 1.97. The molecule has 1 aliphatic rings. The summed E-state index contributed by atoms with van der Waals surface area (Å²) in [6.07, 6.45) is 0. The topological polar surface area (TPSA) is 93.7 Å². The van der Waals surface area contributed by atoms with Gasteiger partial charge in [-0.2, -0.15) is 0 Å². The Bertz CT molecular complexity index is 908. The molecule has 2 aromatic carbocycles. The summed E-state index contributed by atoms with van der Waals surface area (Å²) in [5.74, 6) is 0.306. The summed E-state index contributed by atoms with van der Waals surface area (Å²) < 4.78 is 37.4. The first-order valence-corrected chi connectivity index (χ1v) is 10.1. The van der Waals surface area contributed by atoms with Crippen molar-refractivity contribution >= 4 is 27.3 Å². The lowest BCUT2D eigenvalue weighted by atomic mass is 10.3. The van der Waals surface area contributed by atoms with Gasteiger partial charge in [-0.15, -0.1) is 0 Å². The minimum Gasteiger partial charge on any atom is -0.457 e. The summed E-state index contributed by atoms with van der Waals surface area (Å²) >= 11 is 5.84. The van der Waals surface area contributed by atoms with Crippen molar-refractivity contribution in [2.75, 3.05) is 26.7 Å². The van der Waals surface area contributed by atoms with Crippen molar-refractivity contribution in [3.8, 4) is 11.5 Å². The highest BCUT2D eigenvalue weighted by Crippen LogP contribution is 2.31. The fraction of sp³-hybridized carbons (Fsp3) is 0.278. The Balaban J connectivity index is 1.88. The van der Waals surface area contributed by atoms with Gasteiger partial charge in [-0.25, -0.2) is 8.42 Å². The zero-order chi connectivity index (χ0) is 19.5. The molecule has 2 N–H and O–H groups in total. The molecule has 9 heteroatoms. The second kappa shape index (κ2) is 7.85. The van der Waals surface area contributed by atoms with E-state index >= 15 is 0 Å². The molecule has 1 amide bonds. The predicted molar refractivity (Wildman–Crippen MR) is 101 cm³/mol. The first-order valence-electron chi connectivity index (χ1n) is 8.24. The number of rotatable bonds is 5. The number of hydrogen-bond donors (Lipinski definition) is 2. The van der Waals surface area contributed by atoms with Crippen LogP contribution < -0.4 is 15.4 Å². The van der Waals surface area contributed by atoms with Crippen LogP contribution in [0.4, 0.5) is 0 Å². The van der Waals surface area contributed by atoms with Crippen LogP contribution in [0.15, 0.2) is 53.4 Å². The number of morpholine rings is 1. The van der Waals surface area contributed by atoms with Crippen molar-refractivity contribution in [3.05, 3.63) is 53.6 Å². The third kappa shape index (κ3) is 3.79. The maximum absolute atomic E-state index is 13.1. The molecule has 144 valence electrons. The third-order valence-corrected chi connectivity index (χ3v) is 6.62. The standard InChI is InChI=1S/C18H19ClN2O5S/c1-20-17(22)18(12-21-10-11-25-18)27(23,24)16-8-6-15(7-9-16)26-14-4-2-13(19)3-5-14/h2-9,21H,10-12H2,1H3,(H,20,22)/t18-/m1/s1. The van der Waals surface area contributed by atoms with Gasteiger partial charge in [0.2, 0.25) is 9.84 Å². The van der Waals surface area contributed by atoms with Crippen LogP contribution in [0.25, 0.3) is 0 Å². The Labute approximate surface area is 162 Å². The van der Waals surface area contributed by atoms with E-state index in [0.29, 0.717) is 23.1 Å². The van der Waals surface area contributed by atoms with Crippen LogP contribution in [0.2, 0.25) is 5.02 Å². The first kappa shape index (κ1) is 19.6. The van der Waals surface area contributed by atoms with Crippen molar-refractivity contribution in [1.82, 2.24) is 10.6 Å². The summed E-state index contributed by atoms with van der Waals surface area (Å²) in [4.78, 5) is 10.3. The molecule has 7 nitrogen and oxygen atoms in total. The van der Waals surface area contributed by atoms with Gasteiger partial charge in [-0.1, -0.05) is 11.6 Å². The van der Waals surface area contributed by atoms with Gasteiger partial charge in [0, 0.05) is 25.2 Å². The molecule has 0 aliphatic carbocycles. The molecule has 27 heavy (non-hydrogen) atoms. The van der Waals surface area contributed by atoms with E-state index in [1.54, 1.807) is 24.3 Å². The van der Waals surface area contributed by atoms with Crippen LogP contribution in [0, 0.1) is 0 Å². The Morgan fingerprint density at radius 2 is 1.74 bits per heavy atom. The summed E-state index contributed by atoms with van der Waals surface area (Å²) in [6.45, 7) is 0.463. The van der Waals surface area contributed by atoms with E-state index in [2.05, 4.69) is 10.6 Å². The normalized spacial score (nSPS) is 20.1. The van der Waals surface area contributed by atoms with Gasteiger partial charge in [0.25, 0.3) is 10.8 Å². The molecule has 1 atom stereocenters. The molecule has 0 unspecified atom stereocenters. The number of nitrogens with one attached hydrogen (secondary N) is 2. The zero-order valence-corrected chi connectivity index (χ0v) is 16.1. The maximum atomic E-state index is 13.1. The highest BCUT2D eigenvalue weighted by Gasteiger charge is 2.53. The van der Waals surface area contributed by atoms with Crippen LogP contribution in [-0.4, -0.2) is 46.0 Å². The Kier molecular flexibility index (Phi) is 5.71. The molecular weight excluding hydrogens is 392 g/mol. The van der Waals surface area contributed by atoms with Crippen LogP contribution in [0.1, 0.15) is 0 Å². The minimum absolute atomic E-state index is 0.0294. The average molecular weight is 411 g/mol. The molecule has 0 radical (unpaired) electrons. The molecule has 1 heterocycles. The molecule has 1 fully saturated rings. The number of benzene rings is 2. The van der Waals surface area contributed by atoms with E-state index in [1.807, 2.05) is 0 Å². The molecule has 0 spiro atoms. The van der Waals surface area contributed by atoms with Gasteiger partial charge in [0.1, 0.15) is 11.5 Å². The van der Waals surface area contributed by atoms with Gasteiger partial charge < -0.3 is 20.1 Å². The minimum atomic E-state index is -4.10. The van der Waals surface area contributed by atoms with E-state index in [9.17, 15) is 13.2 Å². The summed E-state index contributed by atoms with van der Waals surface area (Å²) in [5.41, 5.74) is 0. The number of amides is 1. The molecule has 0 aromatic heterocycles. The van der Waals surface area contributed by atoms with Crippen LogP contribution in [-0.2, 0) is 19.4 Å². The molecular formula is C18H19ClN2O5S. The number of sulfone groups is 1. The van der Waals surface area contributed by atoms with Gasteiger partial charge in [0.05, 0.1) is 11.5 Å². The second-order valence-corrected chi connectivity index (χ2v) is 8.46. The van der Waals surface area contributed by atoms with E-state index in [1.165, 1.54) is 31.3 Å². The monoisotopic (exact) mass is 410 g/mol. The molecule has 0 saturated carbocycles.